The minimum absolute atomic E-state index is 0.0205. The minimum atomic E-state index is -0.0860. The summed E-state index contributed by atoms with van der Waals surface area (Å²) in [6, 6.07) is 10.7. The highest BCUT2D eigenvalue weighted by Crippen LogP contribution is 2.35. The summed E-state index contributed by atoms with van der Waals surface area (Å²) in [5.41, 5.74) is 1.48. The number of carbonyl (C=O) groups excluding carboxylic acids is 1. The number of hydrogen-bond acceptors (Lipinski definition) is 5. The smallest absolute Gasteiger partial charge is 0.227 e. The number of carbonyl (C=O) groups is 1. The normalized spacial score (nSPS) is 17.6. The summed E-state index contributed by atoms with van der Waals surface area (Å²) in [6.07, 6.45) is 2.41. The molecular weight excluding hydrogens is 392 g/mol. The largest absolute Gasteiger partial charge is 0.506 e. The number of likely N-dealkylation sites (tertiary alicyclic amines) is 1. The summed E-state index contributed by atoms with van der Waals surface area (Å²) >= 11 is 5.95. The summed E-state index contributed by atoms with van der Waals surface area (Å²) in [7, 11) is 0. The van der Waals surface area contributed by atoms with Gasteiger partial charge < -0.3 is 19.9 Å². The van der Waals surface area contributed by atoms with Crippen molar-refractivity contribution < 1.29 is 19.4 Å². The quantitative estimate of drug-likeness (QED) is 0.735. The van der Waals surface area contributed by atoms with Gasteiger partial charge in [-0.25, -0.2) is 0 Å². The standard InChI is InChI=1S/C22H25ClN2O4/c23-17-5-6-19(26)18(13-17)24-22(27)15-7-9-25(10-8-15)14-16-3-1-4-20-21(16)29-12-2-11-28-20/h1,3-6,13,15,26H,2,7-12,14H2,(H,24,27). The maximum atomic E-state index is 12.6. The molecular formula is C22H25ClN2O4. The van der Waals surface area contributed by atoms with E-state index in [1.165, 1.54) is 6.07 Å². The Hall–Kier alpha value is -2.44. The second kappa shape index (κ2) is 8.93. The van der Waals surface area contributed by atoms with Crippen molar-refractivity contribution in [3.63, 3.8) is 0 Å². The Morgan fingerprint density at radius 2 is 1.97 bits per heavy atom. The molecule has 1 saturated heterocycles. The number of aromatic hydroxyl groups is 1. The maximum absolute atomic E-state index is 12.6. The molecule has 7 heteroatoms. The number of phenols is 1. The number of ether oxygens (including phenoxy) is 2. The van der Waals surface area contributed by atoms with Crippen molar-refractivity contribution in [3.05, 3.63) is 47.0 Å². The number of amides is 1. The third-order valence-corrected chi connectivity index (χ3v) is 5.66. The van der Waals surface area contributed by atoms with Crippen LogP contribution < -0.4 is 14.8 Å². The molecule has 0 saturated carbocycles. The number of rotatable bonds is 4. The van der Waals surface area contributed by atoms with Crippen LogP contribution >= 0.6 is 11.6 Å². The molecule has 0 spiro atoms. The molecule has 1 amide bonds. The lowest BCUT2D eigenvalue weighted by Crippen LogP contribution is -2.37. The molecule has 2 aliphatic heterocycles. The molecule has 0 unspecified atom stereocenters. The molecule has 29 heavy (non-hydrogen) atoms. The summed E-state index contributed by atoms with van der Waals surface area (Å²) in [5, 5.41) is 13.2. The molecule has 154 valence electrons. The molecule has 2 aromatic carbocycles. The summed E-state index contributed by atoms with van der Waals surface area (Å²) in [4.78, 5) is 14.9. The molecule has 0 atom stereocenters. The van der Waals surface area contributed by atoms with Gasteiger partial charge in [0, 0.05) is 29.5 Å². The Labute approximate surface area is 175 Å². The van der Waals surface area contributed by atoms with Crippen LogP contribution in [-0.2, 0) is 11.3 Å². The Balaban J connectivity index is 1.34. The lowest BCUT2D eigenvalue weighted by Gasteiger charge is -2.31. The number of halogens is 1. The van der Waals surface area contributed by atoms with Gasteiger partial charge in [0.25, 0.3) is 0 Å². The van der Waals surface area contributed by atoms with Crippen LogP contribution in [0.4, 0.5) is 5.69 Å². The SMILES string of the molecule is O=C(Nc1cc(Cl)ccc1O)C1CCN(Cc2cccc3c2OCCCO3)CC1. The fraction of sp³-hybridized carbons (Fsp3) is 0.409. The van der Waals surface area contributed by atoms with E-state index in [4.69, 9.17) is 21.1 Å². The minimum Gasteiger partial charge on any atom is -0.506 e. The van der Waals surface area contributed by atoms with E-state index in [1.807, 2.05) is 12.1 Å². The molecule has 2 N–H and O–H groups in total. The van der Waals surface area contributed by atoms with E-state index in [9.17, 15) is 9.90 Å². The third-order valence-electron chi connectivity index (χ3n) is 5.42. The first-order valence-electron chi connectivity index (χ1n) is 9.99. The van der Waals surface area contributed by atoms with Crippen LogP contribution in [0.25, 0.3) is 0 Å². The number of hydrogen-bond donors (Lipinski definition) is 2. The molecule has 2 aliphatic rings. The Morgan fingerprint density at radius 3 is 2.79 bits per heavy atom. The molecule has 0 radical (unpaired) electrons. The van der Waals surface area contributed by atoms with E-state index in [0.29, 0.717) is 23.9 Å². The van der Waals surface area contributed by atoms with Crippen molar-refractivity contribution in [1.82, 2.24) is 4.90 Å². The summed E-state index contributed by atoms with van der Waals surface area (Å²) in [6.45, 7) is 3.77. The zero-order valence-corrected chi connectivity index (χ0v) is 17.0. The molecule has 4 rings (SSSR count). The van der Waals surface area contributed by atoms with Gasteiger partial charge in [0.05, 0.1) is 18.9 Å². The molecule has 6 nitrogen and oxygen atoms in total. The molecule has 0 aromatic heterocycles. The van der Waals surface area contributed by atoms with Crippen LogP contribution in [-0.4, -0.2) is 42.2 Å². The monoisotopic (exact) mass is 416 g/mol. The topological polar surface area (TPSA) is 71.0 Å². The van der Waals surface area contributed by atoms with Gasteiger partial charge in [-0.05, 0) is 50.2 Å². The van der Waals surface area contributed by atoms with Crippen molar-refractivity contribution in [2.24, 2.45) is 5.92 Å². The van der Waals surface area contributed by atoms with Crippen LogP contribution in [0.3, 0.4) is 0 Å². The molecule has 1 fully saturated rings. The summed E-state index contributed by atoms with van der Waals surface area (Å²) in [5.74, 6) is 1.52. The first-order chi connectivity index (χ1) is 14.1. The maximum Gasteiger partial charge on any atom is 0.227 e. The highest BCUT2D eigenvalue weighted by atomic mass is 35.5. The average Bonchev–Trinajstić information content (AvgIpc) is 2.97. The third kappa shape index (κ3) is 4.77. The molecule has 2 aromatic rings. The predicted molar refractivity (Wildman–Crippen MR) is 112 cm³/mol. The summed E-state index contributed by atoms with van der Waals surface area (Å²) < 4.78 is 11.7. The zero-order valence-electron chi connectivity index (χ0n) is 16.2. The van der Waals surface area contributed by atoms with Gasteiger partial charge in [0.15, 0.2) is 11.5 Å². The first kappa shape index (κ1) is 19.9. The van der Waals surface area contributed by atoms with Gasteiger partial charge in [0.1, 0.15) is 5.75 Å². The average molecular weight is 417 g/mol. The number of para-hydroxylation sites is 1. The van der Waals surface area contributed by atoms with Crippen LogP contribution in [0.2, 0.25) is 5.02 Å². The number of anilines is 1. The van der Waals surface area contributed by atoms with Crippen LogP contribution in [0.1, 0.15) is 24.8 Å². The van der Waals surface area contributed by atoms with E-state index in [2.05, 4.69) is 16.3 Å². The van der Waals surface area contributed by atoms with Crippen molar-refractivity contribution in [2.75, 3.05) is 31.6 Å². The van der Waals surface area contributed by atoms with Gasteiger partial charge in [0.2, 0.25) is 5.91 Å². The van der Waals surface area contributed by atoms with Crippen LogP contribution in [0, 0.1) is 5.92 Å². The van der Waals surface area contributed by atoms with E-state index in [-0.39, 0.29) is 17.6 Å². The van der Waals surface area contributed by atoms with E-state index in [1.54, 1.807) is 12.1 Å². The highest BCUT2D eigenvalue weighted by molar-refractivity contribution is 6.31. The predicted octanol–water partition coefficient (Wildman–Crippen LogP) is 4.06. The Bertz CT molecular complexity index is 881. The van der Waals surface area contributed by atoms with E-state index < -0.39 is 0 Å². The number of nitrogens with one attached hydrogen (secondary N) is 1. The van der Waals surface area contributed by atoms with Crippen molar-refractivity contribution >= 4 is 23.2 Å². The molecule has 0 aliphatic carbocycles. The van der Waals surface area contributed by atoms with Crippen molar-refractivity contribution in [2.45, 2.75) is 25.8 Å². The van der Waals surface area contributed by atoms with Crippen LogP contribution in [0.5, 0.6) is 17.2 Å². The Morgan fingerprint density at radius 1 is 1.17 bits per heavy atom. The number of fused-ring (bicyclic) bond motifs is 1. The number of phenolic OH excluding ortho intramolecular Hbond substituents is 1. The molecule has 0 bridgehead atoms. The van der Waals surface area contributed by atoms with Crippen molar-refractivity contribution in [3.8, 4) is 17.2 Å². The fourth-order valence-corrected chi connectivity index (χ4v) is 3.99. The second-order valence-electron chi connectivity index (χ2n) is 7.50. The fourth-order valence-electron chi connectivity index (χ4n) is 3.82. The number of nitrogens with zero attached hydrogens (tertiary/aromatic N) is 1. The second-order valence-corrected chi connectivity index (χ2v) is 7.93. The van der Waals surface area contributed by atoms with Gasteiger partial charge in [-0.15, -0.1) is 0 Å². The van der Waals surface area contributed by atoms with Crippen LogP contribution in [0.15, 0.2) is 36.4 Å². The molecule has 2 heterocycles. The lowest BCUT2D eigenvalue weighted by molar-refractivity contribution is -0.121. The number of piperidine rings is 1. The van der Waals surface area contributed by atoms with Gasteiger partial charge in [-0.2, -0.15) is 0 Å². The zero-order chi connectivity index (χ0) is 20.2. The number of benzene rings is 2. The Kier molecular flexibility index (Phi) is 6.11. The van der Waals surface area contributed by atoms with Gasteiger partial charge in [-0.1, -0.05) is 23.7 Å². The first-order valence-corrected chi connectivity index (χ1v) is 10.4. The van der Waals surface area contributed by atoms with Gasteiger partial charge in [-0.3, -0.25) is 9.69 Å². The van der Waals surface area contributed by atoms with Crippen molar-refractivity contribution in [1.29, 1.82) is 0 Å². The van der Waals surface area contributed by atoms with Gasteiger partial charge >= 0.3 is 0 Å². The highest BCUT2D eigenvalue weighted by Gasteiger charge is 2.26. The lowest BCUT2D eigenvalue weighted by atomic mass is 9.95. The van der Waals surface area contributed by atoms with E-state index in [0.717, 1.165) is 56.0 Å². The van der Waals surface area contributed by atoms with E-state index >= 15 is 0 Å².